The summed E-state index contributed by atoms with van der Waals surface area (Å²) in [6.07, 6.45) is -0.0714. The Morgan fingerprint density at radius 3 is 2.56 bits per heavy atom. The summed E-state index contributed by atoms with van der Waals surface area (Å²) >= 11 is 0. The molecule has 0 aliphatic heterocycles. The van der Waals surface area contributed by atoms with Gasteiger partial charge in [-0.25, -0.2) is 8.78 Å². The molecule has 98 valence electrons. The largest absolute Gasteiger partial charge is 0.481 e. The van der Waals surface area contributed by atoms with Crippen LogP contribution in [0.4, 0.5) is 8.78 Å². The number of aliphatic carboxylic acids is 1. The predicted octanol–water partition coefficient (Wildman–Crippen LogP) is 1.81. The second-order valence-electron chi connectivity index (χ2n) is 4.04. The van der Waals surface area contributed by atoms with Crippen molar-refractivity contribution in [1.29, 1.82) is 0 Å². The highest BCUT2D eigenvalue weighted by atomic mass is 19.2. The smallest absolute Gasteiger partial charge is 0.303 e. The third-order valence-electron chi connectivity index (χ3n) is 2.32. The molecule has 0 fully saturated rings. The van der Waals surface area contributed by atoms with E-state index in [1.54, 1.807) is 6.92 Å². The number of carboxylic acid groups (broad SMARTS) is 1. The molecule has 0 saturated carbocycles. The Kier molecular flexibility index (Phi) is 4.76. The van der Waals surface area contributed by atoms with Crippen molar-refractivity contribution in [1.82, 2.24) is 5.32 Å². The maximum atomic E-state index is 12.9. The Morgan fingerprint density at radius 2 is 2.00 bits per heavy atom. The molecule has 4 nitrogen and oxygen atoms in total. The molecule has 0 saturated heterocycles. The minimum Gasteiger partial charge on any atom is -0.481 e. The Balaban J connectivity index is 2.55. The van der Waals surface area contributed by atoms with Crippen LogP contribution in [0.25, 0.3) is 0 Å². The van der Waals surface area contributed by atoms with Crippen molar-refractivity contribution in [2.45, 2.75) is 13.3 Å². The minimum absolute atomic E-state index is 0.00331. The van der Waals surface area contributed by atoms with Crippen molar-refractivity contribution in [2.75, 3.05) is 6.54 Å². The Morgan fingerprint density at radius 1 is 1.33 bits per heavy atom. The summed E-state index contributed by atoms with van der Waals surface area (Å²) in [6, 6.07) is 2.83. The summed E-state index contributed by atoms with van der Waals surface area (Å²) in [7, 11) is 0. The summed E-state index contributed by atoms with van der Waals surface area (Å²) < 4.78 is 25.5. The molecular formula is C12H13F2NO3. The zero-order valence-electron chi connectivity index (χ0n) is 9.74. The lowest BCUT2D eigenvalue weighted by Gasteiger charge is -2.10. The van der Waals surface area contributed by atoms with E-state index < -0.39 is 23.5 Å². The zero-order valence-corrected chi connectivity index (χ0v) is 9.74. The van der Waals surface area contributed by atoms with Gasteiger partial charge in [-0.05, 0) is 24.1 Å². The van der Waals surface area contributed by atoms with Gasteiger partial charge in [0.1, 0.15) is 0 Å². The van der Waals surface area contributed by atoms with Crippen LogP contribution in [0.5, 0.6) is 0 Å². The highest BCUT2D eigenvalue weighted by molar-refractivity contribution is 5.94. The maximum absolute atomic E-state index is 12.9. The summed E-state index contributed by atoms with van der Waals surface area (Å²) in [4.78, 5) is 22.0. The average molecular weight is 257 g/mol. The molecule has 1 amide bonds. The van der Waals surface area contributed by atoms with Crippen molar-refractivity contribution < 1.29 is 23.5 Å². The molecule has 1 atom stereocenters. The number of halogens is 2. The molecule has 2 N–H and O–H groups in total. The average Bonchev–Trinajstić information content (AvgIpc) is 2.28. The van der Waals surface area contributed by atoms with Crippen LogP contribution >= 0.6 is 0 Å². The molecule has 1 rings (SSSR count). The first-order chi connectivity index (χ1) is 8.40. The van der Waals surface area contributed by atoms with Gasteiger partial charge in [-0.3, -0.25) is 9.59 Å². The number of benzene rings is 1. The van der Waals surface area contributed by atoms with Gasteiger partial charge in [0, 0.05) is 18.5 Å². The minimum atomic E-state index is -1.10. The van der Waals surface area contributed by atoms with Gasteiger partial charge in [-0.15, -0.1) is 0 Å². The van der Waals surface area contributed by atoms with E-state index >= 15 is 0 Å². The monoisotopic (exact) mass is 257 g/mol. The zero-order chi connectivity index (χ0) is 13.7. The van der Waals surface area contributed by atoms with Crippen LogP contribution in [0.2, 0.25) is 0 Å². The fraction of sp³-hybridized carbons (Fsp3) is 0.333. The molecule has 1 unspecified atom stereocenters. The molecule has 0 heterocycles. The second kappa shape index (κ2) is 6.09. The van der Waals surface area contributed by atoms with E-state index in [-0.39, 0.29) is 24.4 Å². The first-order valence-electron chi connectivity index (χ1n) is 5.35. The molecule has 18 heavy (non-hydrogen) atoms. The first kappa shape index (κ1) is 14.1. The van der Waals surface area contributed by atoms with Crippen LogP contribution < -0.4 is 5.32 Å². The van der Waals surface area contributed by atoms with Crippen LogP contribution in [0, 0.1) is 17.6 Å². The van der Waals surface area contributed by atoms with Crippen molar-refractivity contribution in [2.24, 2.45) is 5.92 Å². The number of rotatable bonds is 5. The third kappa shape index (κ3) is 4.12. The van der Waals surface area contributed by atoms with E-state index in [4.69, 9.17) is 5.11 Å². The van der Waals surface area contributed by atoms with Gasteiger partial charge < -0.3 is 10.4 Å². The van der Waals surface area contributed by atoms with Gasteiger partial charge >= 0.3 is 5.97 Å². The fourth-order valence-corrected chi connectivity index (χ4v) is 1.38. The topological polar surface area (TPSA) is 66.4 Å². The van der Waals surface area contributed by atoms with Crippen molar-refractivity contribution in [3.8, 4) is 0 Å². The summed E-state index contributed by atoms with van der Waals surface area (Å²) in [6.45, 7) is 1.82. The maximum Gasteiger partial charge on any atom is 0.303 e. The van der Waals surface area contributed by atoms with Gasteiger partial charge in [0.25, 0.3) is 5.91 Å². The number of carbonyl (C=O) groups is 2. The van der Waals surface area contributed by atoms with Crippen molar-refractivity contribution in [3.05, 3.63) is 35.4 Å². The molecule has 0 aliphatic rings. The van der Waals surface area contributed by atoms with Crippen molar-refractivity contribution >= 4 is 11.9 Å². The van der Waals surface area contributed by atoms with Crippen LogP contribution in [0.1, 0.15) is 23.7 Å². The molecule has 1 aromatic carbocycles. The van der Waals surface area contributed by atoms with E-state index in [1.807, 2.05) is 0 Å². The Labute approximate surface area is 103 Å². The SMILES string of the molecule is CC(CNC(=O)c1ccc(F)c(F)c1)CC(=O)O. The number of carbonyl (C=O) groups excluding carboxylic acids is 1. The molecule has 6 heteroatoms. The van der Waals surface area contributed by atoms with Gasteiger partial charge in [0.2, 0.25) is 0 Å². The van der Waals surface area contributed by atoms with Gasteiger partial charge in [0.05, 0.1) is 0 Å². The standard InChI is InChI=1S/C12H13F2NO3/c1-7(4-11(16)17)6-15-12(18)8-2-3-9(13)10(14)5-8/h2-3,5,7H,4,6H2,1H3,(H,15,18)(H,16,17). The fourth-order valence-electron chi connectivity index (χ4n) is 1.38. The lowest BCUT2D eigenvalue weighted by molar-refractivity contribution is -0.137. The molecule has 0 spiro atoms. The summed E-state index contributed by atoms with van der Waals surface area (Å²) in [5.74, 6) is -3.88. The van der Waals surface area contributed by atoms with Gasteiger partial charge in [-0.2, -0.15) is 0 Å². The van der Waals surface area contributed by atoms with E-state index in [2.05, 4.69) is 5.32 Å². The lowest BCUT2D eigenvalue weighted by Crippen LogP contribution is -2.29. The summed E-state index contributed by atoms with van der Waals surface area (Å²) in [5, 5.41) is 11.0. The van der Waals surface area contributed by atoms with Crippen LogP contribution in [-0.4, -0.2) is 23.5 Å². The quantitative estimate of drug-likeness (QED) is 0.845. The molecule has 0 bridgehead atoms. The summed E-state index contributed by atoms with van der Waals surface area (Å²) in [5.41, 5.74) is -0.00331. The Bertz CT molecular complexity index is 463. The van der Waals surface area contributed by atoms with Crippen LogP contribution in [0.3, 0.4) is 0 Å². The van der Waals surface area contributed by atoms with E-state index in [9.17, 15) is 18.4 Å². The van der Waals surface area contributed by atoms with E-state index in [0.29, 0.717) is 0 Å². The van der Waals surface area contributed by atoms with Crippen molar-refractivity contribution in [3.63, 3.8) is 0 Å². The normalized spacial score (nSPS) is 11.9. The third-order valence-corrected chi connectivity index (χ3v) is 2.32. The number of nitrogens with one attached hydrogen (secondary N) is 1. The van der Waals surface area contributed by atoms with Gasteiger partial charge in [-0.1, -0.05) is 6.92 Å². The first-order valence-corrected chi connectivity index (χ1v) is 5.35. The molecule has 0 aromatic heterocycles. The van der Waals surface area contributed by atoms with Crippen LogP contribution in [-0.2, 0) is 4.79 Å². The highest BCUT2D eigenvalue weighted by Crippen LogP contribution is 2.09. The number of amides is 1. The van der Waals surface area contributed by atoms with E-state index in [1.165, 1.54) is 0 Å². The number of carboxylic acids is 1. The highest BCUT2D eigenvalue weighted by Gasteiger charge is 2.12. The van der Waals surface area contributed by atoms with Gasteiger partial charge in [0.15, 0.2) is 11.6 Å². The predicted molar refractivity (Wildman–Crippen MR) is 60.1 cm³/mol. The lowest BCUT2D eigenvalue weighted by atomic mass is 10.1. The molecular weight excluding hydrogens is 244 g/mol. The molecule has 0 aliphatic carbocycles. The number of hydrogen-bond acceptors (Lipinski definition) is 2. The Hall–Kier alpha value is -1.98. The second-order valence-corrected chi connectivity index (χ2v) is 4.04. The molecule has 1 aromatic rings. The van der Waals surface area contributed by atoms with Crippen LogP contribution in [0.15, 0.2) is 18.2 Å². The number of hydrogen-bond donors (Lipinski definition) is 2. The van der Waals surface area contributed by atoms with E-state index in [0.717, 1.165) is 18.2 Å². The molecule has 0 radical (unpaired) electrons.